The minimum atomic E-state index is -4.58. The van der Waals surface area contributed by atoms with Gasteiger partial charge in [0.1, 0.15) is 11.5 Å². The zero-order valence-electron chi connectivity index (χ0n) is 14.5. The van der Waals surface area contributed by atoms with Gasteiger partial charge in [-0.1, -0.05) is 6.07 Å². The molecule has 1 saturated heterocycles. The van der Waals surface area contributed by atoms with Crippen molar-refractivity contribution < 1.29 is 17.9 Å². The van der Waals surface area contributed by atoms with Crippen LogP contribution < -0.4 is 5.32 Å². The molecule has 2 unspecified atom stereocenters. The molecule has 3 rings (SSSR count). The van der Waals surface area contributed by atoms with Crippen molar-refractivity contribution in [1.82, 2.24) is 19.9 Å². The lowest BCUT2D eigenvalue weighted by Crippen LogP contribution is -2.47. The van der Waals surface area contributed by atoms with Crippen LogP contribution in [0.5, 0.6) is 0 Å². The number of anilines is 1. The Morgan fingerprint density at radius 2 is 2.12 bits per heavy atom. The molecular formula is C17H20F3N5O. The Hall–Kier alpha value is -2.26. The van der Waals surface area contributed by atoms with E-state index in [2.05, 4.69) is 25.2 Å². The first-order valence-corrected chi connectivity index (χ1v) is 8.27. The van der Waals surface area contributed by atoms with Crippen molar-refractivity contribution in [3.63, 3.8) is 0 Å². The molecule has 9 heteroatoms. The van der Waals surface area contributed by atoms with Crippen LogP contribution in [0.1, 0.15) is 12.6 Å². The molecule has 0 spiro atoms. The normalized spacial score (nSPS) is 20.0. The third-order valence-corrected chi connectivity index (χ3v) is 4.14. The highest BCUT2D eigenvalue weighted by atomic mass is 19.4. The molecule has 0 aromatic carbocycles. The Morgan fingerprint density at radius 1 is 1.31 bits per heavy atom. The van der Waals surface area contributed by atoms with Crippen LogP contribution in [0.4, 0.5) is 19.0 Å². The minimum Gasteiger partial charge on any atom is -0.373 e. The number of aromatic nitrogens is 3. The highest BCUT2D eigenvalue weighted by Crippen LogP contribution is 2.30. The summed E-state index contributed by atoms with van der Waals surface area (Å²) in [6.07, 6.45) is -3.23. The Morgan fingerprint density at radius 3 is 2.77 bits per heavy atom. The topological polar surface area (TPSA) is 63.2 Å². The second-order valence-corrected chi connectivity index (χ2v) is 6.28. The Labute approximate surface area is 149 Å². The van der Waals surface area contributed by atoms with Gasteiger partial charge in [0.25, 0.3) is 0 Å². The molecule has 26 heavy (non-hydrogen) atoms. The van der Waals surface area contributed by atoms with E-state index in [1.54, 1.807) is 18.2 Å². The van der Waals surface area contributed by atoms with Gasteiger partial charge < -0.3 is 15.0 Å². The van der Waals surface area contributed by atoms with Crippen molar-refractivity contribution in [2.24, 2.45) is 0 Å². The van der Waals surface area contributed by atoms with Gasteiger partial charge in [-0.15, -0.1) is 0 Å². The molecule has 0 aliphatic carbocycles. The predicted molar refractivity (Wildman–Crippen MR) is 90.6 cm³/mol. The van der Waals surface area contributed by atoms with E-state index in [1.807, 2.05) is 14.0 Å². The highest BCUT2D eigenvalue weighted by Gasteiger charge is 2.34. The molecule has 1 N–H and O–H groups in total. The van der Waals surface area contributed by atoms with Crippen molar-refractivity contribution in [2.75, 3.05) is 32.1 Å². The molecular weight excluding hydrogens is 347 g/mol. The van der Waals surface area contributed by atoms with Crippen molar-refractivity contribution in [1.29, 1.82) is 0 Å². The molecule has 2 atom stereocenters. The van der Waals surface area contributed by atoms with Crippen LogP contribution in [0.3, 0.4) is 0 Å². The number of pyridine rings is 1. The van der Waals surface area contributed by atoms with E-state index in [1.165, 1.54) is 6.20 Å². The second-order valence-electron chi connectivity index (χ2n) is 6.28. The van der Waals surface area contributed by atoms with Gasteiger partial charge in [-0.05, 0) is 26.1 Å². The van der Waals surface area contributed by atoms with Gasteiger partial charge in [-0.2, -0.15) is 13.2 Å². The van der Waals surface area contributed by atoms with Gasteiger partial charge in [0.2, 0.25) is 0 Å². The molecule has 6 nitrogen and oxygen atoms in total. The SMILES string of the molecule is CC(Nc1cc(C(F)(F)F)nc(-c2ccccn2)n1)C1CN(C)CCO1. The van der Waals surface area contributed by atoms with E-state index in [4.69, 9.17) is 4.74 Å². The van der Waals surface area contributed by atoms with E-state index < -0.39 is 11.9 Å². The van der Waals surface area contributed by atoms with E-state index in [9.17, 15) is 13.2 Å². The average molecular weight is 367 g/mol. The third kappa shape index (κ3) is 4.47. The number of hydrogen-bond donors (Lipinski definition) is 1. The monoisotopic (exact) mass is 367 g/mol. The summed E-state index contributed by atoms with van der Waals surface area (Å²) in [5, 5.41) is 3.02. The summed E-state index contributed by atoms with van der Waals surface area (Å²) in [4.78, 5) is 14.0. The lowest BCUT2D eigenvalue weighted by Gasteiger charge is -2.34. The maximum absolute atomic E-state index is 13.2. The first-order valence-electron chi connectivity index (χ1n) is 8.27. The molecule has 1 aliphatic heterocycles. The van der Waals surface area contributed by atoms with Crippen LogP contribution in [-0.2, 0) is 10.9 Å². The third-order valence-electron chi connectivity index (χ3n) is 4.14. The molecule has 1 fully saturated rings. The Kier molecular flexibility index (Phi) is 5.38. The number of rotatable bonds is 4. The standard InChI is InChI=1S/C17H20F3N5O/c1-11(13-10-25(2)7-8-26-13)22-15-9-14(17(18,19)20)23-16(24-15)12-5-3-4-6-21-12/h3-6,9,11,13H,7-8,10H2,1-2H3,(H,22,23,24). The molecule has 0 amide bonds. The van der Waals surface area contributed by atoms with Crippen LogP contribution in [0.15, 0.2) is 30.5 Å². The number of likely N-dealkylation sites (N-methyl/N-ethyl adjacent to an activating group) is 1. The lowest BCUT2D eigenvalue weighted by atomic mass is 10.1. The molecule has 0 radical (unpaired) electrons. The van der Waals surface area contributed by atoms with Gasteiger partial charge in [-0.25, -0.2) is 9.97 Å². The lowest BCUT2D eigenvalue weighted by molar-refractivity contribution is -0.141. The molecule has 3 heterocycles. The molecule has 1 aliphatic rings. The molecule has 0 saturated carbocycles. The van der Waals surface area contributed by atoms with E-state index in [0.29, 0.717) is 13.2 Å². The van der Waals surface area contributed by atoms with Gasteiger partial charge in [0.05, 0.1) is 18.8 Å². The maximum atomic E-state index is 13.2. The van der Waals surface area contributed by atoms with E-state index in [0.717, 1.165) is 12.6 Å². The summed E-state index contributed by atoms with van der Waals surface area (Å²) < 4.78 is 45.4. The van der Waals surface area contributed by atoms with Crippen molar-refractivity contribution in [3.8, 4) is 11.5 Å². The number of alkyl halides is 3. The maximum Gasteiger partial charge on any atom is 0.433 e. The fourth-order valence-corrected chi connectivity index (χ4v) is 2.72. The fourth-order valence-electron chi connectivity index (χ4n) is 2.72. The zero-order valence-corrected chi connectivity index (χ0v) is 14.5. The van der Waals surface area contributed by atoms with Crippen LogP contribution in [0, 0.1) is 0 Å². The summed E-state index contributed by atoms with van der Waals surface area (Å²) in [6.45, 7) is 3.97. The van der Waals surface area contributed by atoms with E-state index in [-0.39, 0.29) is 29.5 Å². The molecule has 2 aromatic rings. The van der Waals surface area contributed by atoms with Crippen molar-refractivity contribution >= 4 is 5.82 Å². The molecule has 2 aromatic heterocycles. The van der Waals surface area contributed by atoms with Gasteiger partial charge in [0, 0.05) is 25.4 Å². The Balaban J connectivity index is 1.88. The second kappa shape index (κ2) is 7.55. The van der Waals surface area contributed by atoms with Crippen LogP contribution in [0.25, 0.3) is 11.5 Å². The van der Waals surface area contributed by atoms with Gasteiger partial charge >= 0.3 is 6.18 Å². The molecule has 0 bridgehead atoms. The fraction of sp³-hybridized carbons (Fsp3) is 0.471. The summed E-state index contributed by atoms with van der Waals surface area (Å²) in [5.74, 6) is 0.0223. The number of morpholine rings is 1. The molecule has 140 valence electrons. The van der Waals surface area contributed by atoms with E-state index >= 15 is 0 Å². The van der Waals surface area contributed by atoms with Crippen molar-refractivity contribution in [3.05, 3.63) is 36.2 Å². The predicted octanol–water partition coefficient (Wildman–Crippen LogP) is 2.69. The van der Waals surface area contributed by atoms with Crippen LogP contribution >= 0.6 is 0 Å². The van der Waals surface area contributed by atoms with Crippen LogP contribution in [-0.4, -0.2) is 58.7 Å². The summed E-state index contributed by atoms with van der Waals surface area (Å²) in [6, 6.07) is 5.62. The zero-order chi connectivity index (χ0) is 18.7. The highest BCUT2D eigenvalue weighted by molar-refractivity contribution is 5.53. The van der Waals surface area contributed by atoms with Crippen LogP contribution in [0.2, 0.25) is 0 Å². The van der Waals surface area contributed by atoms with Crippen molar-refractivity contribution in [2.45, 2.75) is 25.2 Å². The number of ether oxygens (including phenoxy) is 1. The number of nitrogens with one attached hydrogen (secondary N) is 1. The van der Waals surface area contributed by atoms with Gasteiger partial charge in [-0.3, -0.25) is 4.98 Å². The largest absolute Gasteiger partial charge is 0.433 e. The average Bonchev–Trinajstić information content (AvgIpc) is 2.61. The number of hydrogen-bond acceptors (Lipinski definition) is 6. The summed E-state index contributed by atoms with van der Waals surface area (Å²) in [5.41, 5.74) is -0.729. The summed E-state index contributed by atoms with van der Waals surface area (Å²) in [7, 11) is 1.98. The number of halogens is 3. The quantitative estimate of drug-likeness (QED) is 0.897. The summed E-state index contributed by atoms with van der Waals surface area (Å²) >= 11 is 0. The minimum absolute atomic E-state index is 0.0724. The first-order chi connectivity index (χ1) is 12.3. The smallest absolute Gasteiger partial charge is 0.373 e. The number of nitrogens with zero attached hydrogens (tertiary/aromatic N) is 4. The Bertz CT molecular complexity index is 741. The van der Waals surface area contributed by atoms with Gasteiger partial charge in [0.15, 0.2) is 11.5 Å². The first kappa shape index (κ1) is 18.5.